The first-order chi connectivity index (χ1) is 9.29. The number of ketones is 1. The standard InChI is InChI=1S/C16H14N2O/c1-2-15(19)11-7-3-4-8-12(11)16-17-13-9-5-6-10-14(13)18-16/h3-10H,2H2,1H3,(H,17,18). The summed E-state index contributed by atoms with van der Waals surface area (Å²) < 4.78 is 0. The molecule has 0 bridgehead atoms. The molecule has 0 saturated heterocycles. The molecule has 3 rings (SSSR count). The van der Waals surface area contributed by atoms with Gasteiger partial charge in [-0.05, 0) is 12.1 Å². The summed E-state index contributed by atoms with van der Waals surface area (Å²) in [5, 5.41) is 0. The number of nitrogens with one attached hydrogen (secondary N) is 1. The Kier molecular flexibility index (Phi) is 2.88. The number of carbonyl (C=O) groups excluding carboxylic acids is 1. The lowest BCUT2D eigenvalue weighted by molar-refractivity contribution is 0.0988. The number of fused-ring (bicyclic) bond motifs is 1. The summed E-state index contributed by atoms with van der Waals surface area (Å²) in [4.78, 5) is 19.8. The van der Waals surface area contributed by atoms with E-state index in [0.717, 1.165) is 28.0 Å². The van der Waals surface area contributed by atoms with Crippen molar-refractivity contribution in [3.05, 3.63) is 54.1 Å². The van der Waals surface area contributed by atoms with E-state index < -0.39 is 0 Å². The fourth-order valence-corrected chi connectivity index (χ4v) is 2.20. The van der Waals surface area contributed by atoms with Gasteiger partial charge in [0.15, 0.2) is 5.78 Å². The minimum Gasteiger partial charge on any atom is -0.338 e. The van der Waals surface area contributed by atoms with Gasteiger partial charge in [0.1, 0.15) is 5.82 Å². The molecule has 19 heavy (non-hydrogen) atoms. The largest absolute Gasteiger partial charge is 0.338 e. The van der Waals surface area contributed by atoms with Crippen LogP contribution in [0.2, 0.25) is 0 Å². The van der Waals surface area contributed by atoms with Crippen molar-refractivity contribution in [2.75, 3.05) is 0 Å². The predicted molar refractivity (Wildman–Crippen MR) is 76.2 cm³/mol. The molecule has 1 aromatic heterocycles. The molecular weight excluding hydrogens is 236 g/mol. The molecule has 0 radical (unpaired) electrons. The first-order valence-corrected chi connectivity index (χ1v) is 6.37. The van der Waals surface area contributed by atoms with Gasteiger partial charge in [-0.15, -0.1) is 0 Å². The van der Waals surface area contributed by atoms with Gasteiger partial charge in [-0.25, -0.2) is 4.98 Å². The Hall–Kier alpha value is -2.42. The smallest absolute Gasteiger partial charge is 0.163 e. The zero-order chi connectivity index (χ0) is 13.2. The molecule has 0 unspecified atom stereocenters. The summed E-state index contributed by atoms with van der Waals surface area (Å²) in [5.41, 5.74) is 3.49. The number of imidazole rings is 1. The van der Waals surface area contributed by atoms with E-state index in [-0.39, 0.29) is 5.78 Å². The molecule has 0 saturated carbocycles. The highest BCUT2D eigenvalue weighted by atomic mass is 16.1. The molecular formula is C16H14N2O. The van der Waals surface area contributed by atoms with Crippen molar-refractivity contribution in [1.82, 2.24) is 9.97 Å². The lowest BCUT2D eigenvalue weighted by atomic mass is 10.0. The summed E-state index contributed by atoms with van der Waals surface area (Å²) in [6, 6.07) is 15.5. The van der Waals surface area contributed by atoms with Gasteiger partial charge >= 0.3 is 0 Å². The van der Waals surface area contributed by atoms with Crippen LogP contribution in [-0.2, 0) is 0 Å². The van der Waals surface area contributed by atoms with Gasteiger partial charge < -0.3 is 4.98 Å². The number of benzene rings is 2. The lowest BCUT2D eigenvalue weighted by Gasteiger charge is -2.04. The van der Waals surface area contributed by atoms with Crippen LogP contribution >= 0.6 is 0 Å². The third-order valence-electron chi connectivity index (χ3n) is 3.19. The van der Waals surface area contributed by atoms with Crippen LogP contribution in [-0.4, -0.2) is 15.8 Å². The van der Waals surface area contributed by atoms with Crippen LogP contribution in [0.15, 0.2) is 48.5 Å². The Morgan fingerprint density at radius 3 is 2.63 bits per heavy atom. The normalized spacial score (nSPS) is 10.8. The van der Waals surface area contributed by atoms with Gasteiger partial charge in [-0.3, -0.25) is 4.79 Å². The zero-order valence-electron chi connectivity index (χ0n) is 10.7. The van der Waals surface area contributed by atoms with Gasteiger partial charge in [-0.1, -0.05) is 43.3 Å². The molecule has 1 heterocycles. The fourth-order valence-electron chi connectivity index (χ4n) is 2.20. The van der Waals surface area contributed by atoms with Crippen molar-refractivity contribution in [1.29, 1.82) is 0 Å². The second-order valence-corrected chi connectivity index (χ2v) is 4.42. The van der Waals surface area contributed by atoms with E-state index in [9.17, 15) is 4.79 Å². The monoisotopic (exact) mass is 250 g/mol. The highest BCUT2D eigenvalue weighted by Crippen LogP contribution is 2.24. The van der Waals surface area contributed by atoms with E-state index in [1.165, 1.54) is 0 Å². The molecule has 1 N–H and O–H groups in total. The van der Waals surface area contributed by atoms with E-state index in [2.05, 4.69) is 9.97 Å². The summed E-state index contributed by atoms with van der Waals surface area (Å²) in [6.45, 7) is 1.87. The van der Waals surface area contributed by atoms with Gasteiger partial charge in [0.05, 0.1) is 11.0 Å². The number of carbonyl (C=O) groups is 1. The van der Waals surface area contributed by atoms with Crippen LogP contribution in [0, 0.1) is 0 Å². The van der Waals surface area contributed by atoms with Crippen molar-refractivity contribution in [3.8, 4) is 11.4 Å². The van der Waals surface area contributed by atoms with Crippen molar-refractivity contribution >= 4 is 16.8 Å². The number of hydrogen-bond donors (Lipinski definition) is 1. The molecule has 0 fully saturated rings. The van der Waals surface area contributed by atoms with E-state index in [1.54, 1.807) is 0 Å². The van der Waals surface area contributed by atoms with Crippen LogP contribution in [0.1, 0.15) is 23.7 Å². The van der Waals surface area contributed by atoms with E-state index in [1.807, 2.05) is 55.5 Å². The van der Waals surface area contributed by atoms with Gasteiger partial charge in [0.2, 0.25) is 0 Å². The summed E-state index contributed by atoms with van der Waals surface area (Å²) >= 11 is 0. The molecule has 2 aromatic carbocycles. The second kappa shape index (κ2) is 4.69. The minimum absolute atomic E-state index is 0.135. The fraction of sp³-hybridized carbons (Fsp3) is 0.125. The summed E-state index contributed by atoms with van der Waals surface area (Å²) in [6.07, 6.45) is 0.497. The molecule has 3 aromatic rings. The maximum Gasteiger partial charge on any atom is 0.163 e. The number of hydrogen-bond acceptors (Lipinski definition) is 2. The van der Waals surface area contributed by atoms with E-state index in [4.69, 9.17) is 0 Å². The third kappa shape index (κ3) is 2.03. The van der Waals surface area contributed by atoms with Gasteiger partial charge in [0, 0.05) is 17.5 Å². The minimum atomic E-state index is 0.135. The van der Waals surface area contributed by atoms with Crippen molar-refractivity contribution in [2.45, 2.75) is 13.3 Å². The molecule has 0 aliphatic rings. The molecule has 0 spiro atoms. The topological polar surface area (TPSA) is 45.8 Å². The Balaban J connectivity index is 2.18. The SMILES string of the molecule is CCC(=O)c1ccccc1-c1nc2ccccc2[nH]1. The molecule has 3 heteroatoms. The first-order valence-electron chi connectivity index (χ1n) is 6.37. The maximum absolute atomic E-state index is 12.0. The average molecular weight is 250 g/mol. The number of H-pyrrole nitrogens is 1. The Labute approximate surface area is 111 Å². The Morgan fingerprint density at radius 1 is 1.11 bits per heavy atom. The quantitative estimate of drug-likeness (QED) is 0.718. The Morgan fingerprint density at radius 2 is 1.84 bits per heavy atom. The lowest BCUT2D eigenvalue weighted by Crippen LogP contribution is -1.99. The number of aromatic amines is 1. The first kappa shape index (κ1) is 11.7. The molecule has 0 atom stereocenters. The highest BCUT2D eigenvalue weighted by Gasteiger charge is 2.13. The molecule has 94 valence electrons. The predicted octanol–water partition coefficient (Wildman–Crippen LogP) is 3.82. The van der Waals surface area contributed by atoms with Gasteiger partial charge in [0.25, 0.3) is 0 Å². The Bertz CT molecular complexity index is 710. The third-order valence-corrected chi connectivity index (χ3v) is 3.19. The van der Waals surface area contributed by atoms with Crippen molar-refractivity contribution < 1.29 is 4.79 Å². The van der Waals surface area contributed by atoms with E-state index >= 15 is 0 Å². The number of rotatable bonds is 3. The summed E-state index contributed by atoms with van der Waals surface area (Å²) in [5.74, 6) is 0.884. The van der Waals surface area contributed by atoms with Gasteiger partial charge in [-0.2, -0.15) is 0 Å². The summed E-state index contributed by atoms with van der Waals surface area (Å²) in [7, 11) is 0. The highest BCUT2D eigenvalue weighted by molar-refractivity contribution is 6.01. The maximum atomic E-state index is 12.0. The number of Topliss-reactive ketones (excluding diaryl/α,β-unsaturated/α-hetero) is 1. The number of nitrogens with zero attached hydrogens (tertiary/aromatic N) is 1. The molecule has 0 aliphatic carbocycles. The average Bonchev–Trinajstić information content (AvgIpc) is 2.90. The molecule has 3 nitrogen and oxygen atoms in total. The van der Waals surface area contributed by atoms with Crippen LogP contribution < -0.4 is 0 Å². The van der Waals surface area contributed by atoms with Crippen LogP contribution in [0.3, 0.4) is 0 Å². The van der Waals surface area contributed by atoms with Crippen LogP contribution in [0.5, 0.6) is 0 Å². The number of aromatic nitrogens is 2. The van der Waals surface area contributed by atoms with Crippen molar-refractivity contribution in [3.63, 3.8) is 0 Å². The van der Waals surface area contributed by atoms with Crippen LogP contribution in [0.25, 0.3) is 22.4 Å². The number of para-hydroxylation sites is 2. The zero-order valence-corrected chi connectivity index (χ0v) is 10.7. The van der Waals surface area contributed by atoms with Crippen LogP contribution in [0.4, 0.5) is 0 Å². The van der Waals surface area contributed by atoms with E-state index in [0.29, 0.717) is 6.42 Å². The van der Waals surface area contributed by atoms with Crippen molar-refractivity contribution in [2.24, 2.45) is 0 Å². The molecule has 0 amide bonds. The second-order valence-electron chi connectivity index (χ2n) is 4.42. The molecule has 0 aliphatic heterocycles.